The first kappa shape index (κ1) is 15.0. The molecule has 10 nitrogen and oxygen atoms in total. The van der Waals surface area contributed by atoms with Gasteiger partial charge in [-0.15, -0.1) is 0 Å². The van der Waals surface area contributed by atoms with Crippen LogP contribution in [-0.2, 0) is 0 Å². The maximum Gasteiger partial charge on any atom is 0.326 e. The fourth-order valence-corrected chi connectivity index (χ4v) is 2.49. The molecule has 3 rings (SSSR count). The van der Waals surface area contributed by atoms with E-state index in [0.717, 1.165) is 0 Å². The van der Waals surface area contributed by atoms with Crippen LogP contribution in [0.15, 0.2) is 45.3 Å². The Balaban J connectivity index is 2.25. The van der Waals surface area contributed by atoms with Crippen LogP contribution in [0, 0.1) is 21.4 Å². The second-order valence-electron chi connectivity index (χ2n) is 4.92. The number of ether oxygens (including phenoxy) is 1. The van der Waals surface area contributed by atoms with E-state index >= 15 is 0 Å². The summed E-state index contributed by atoms with van der Waals surface area (Å²) in [5.41, 5.74) is 4.48. The number of H-pyrrole nitrogens is 2. The number of nitrogens with zero attached hydrogens (tertiary/aromatic N) is 2. The zero-order valence-electron chi connectivity index (χ0n) is 11.9. The van der Waals surface area contributed by atoms with Crippen molar-refractivity contribution in [2.45, 2.75) is 5.92 Å². The monoisotopic (exact) mass is 327 g/mol. The molecule has 1 aliphatic heterocycles. The largest absolute Gasteiger partial charge is 0.433 e. The third-order valence-electron chi connectivity index (χ3n) is 3.54. The molecule has 10 heteroatoms. The Labute approximate surface area is 133 Å². The zero-order valence-corrected chi connectivity index (χ0v) is 11.9. The molecule has 1 unspecified atom stereocenters. The molecular formula is C14H9N5O5. The first-order valence-electron chi connectivity index (χ1n) is 6.60. The van der Waals surface area contributed by atoms with E-state index < -0.39 is 22.1 Å². The first-order chi connectivity index (χ1) is 11.4. The topological polar surface area (TPSA) is 168 Å². The summed E-state index contributed by atoms with van der Waals surface area (Å²) in [7, 11) is 0. The molecule has 1 aliphatic rings. The minimum absolute atomic E-state index is 0.0161. The minimum Gasteiger partial charge on any atom is -0.433 e. The molecular weight excluding hydrogens is 318 g/mol. The molecule has 24 heavy (non-hydrogen) atoms. The van der Waals surface area contributed by atoms with Gasteiger partial charge in [-0.25, -0.2) is 4.79 Å². The summed E-state index contributed by atoms with van der Waals surface area (Å²) in [6.07, 6.45) is 0. The van der Waals surface area contributed by atoms with Gasteiger partial charge in [-0.3, -0.25) is 19.9 Å². The number of benzene rings is 1. The van der Waals surface area contributed by atoms with E-state index in [0.29, 0.717) is 5.56 Å². The Hall–Kier alpha value is -3.87. The molecule has 0 spiro atoms. The molecule has 0 bridgehead atoms. The lowest BCUT2D eigenvalue weighted by molar-refractivity contribution is -0.384. The summed E-state index contributed by atoms with van der Waals surface area (Å²) in [6, 6.07) is 7.22. The summed E-state index contributed by atoms with van der Waals surface area (Å²) >= 11 is 0. The van der Waals surface area contributed by atoms with Gasteiger partial charge in [0.05, 0.1) is 16.5 Å². The summed E-state index contributed by atoms with van der Waals surface area (Å²) < 4.78 is 5.15. The molecule has 2 heterocycles. The highest BCUT2D eigenvalue weighted by atomic mass is 16.6. The van der Waals surface area contributed by atoms with E-state index in [1.807, 2.05) is 11.1 Å². The van der Waals surface area contributed by atoms with E-state index in [1.54, 1.807) is 0 Å². The van der Waals surface area contributed by atoms with Crippen molar-refractivity contribution < 1.29 is 9.66 Å². The Bertz CT molecular complexity index is 1030. The summed E-state index contributed by atoms with van der Waals surface area (Å²) in [5, 5.41) is 20.1. The fraction of sp³-hybridized carbons (Fsp3) is 0.0714. The molecule has 1 atom stereocenters. The van der Waals surface area contributed by atoms with Gasteiger partial charge < -0.3 is 15.5 Å². The summed E-state index contributed by atoms with van der Waals surface area (Å²) in [4.78, 5) is 38.1. The number of hydrogen-bond donors (Lipinski definition) is 3. The van der Waals surface area contributed by atoms with Crippen molar-refractivity contribution in [3.05, 3.63) is 77.9 Å². The fourth-order valence-electron chi connectivity index (χ4n) is 2.49. The van der Waals surface area contributed by atoms with Gasteiger partial charge in [-0.2, -0.15) is 5.26 Å². The molecule has 4 N–H and O–H groups in total. The number of aromatic amines is 2. The average Bonchev–Trinajstić information content (AvgIpc) is 2.54. The van der Waals surface area contributed by atoms with E-state index in [4.69, 9.17) is 10.5 Å². The summed E-state index contributed by atoms with van der Waals surface area (Å²) in [6.45, 7) is 0. The average molecular weight is 327 g/mol. The number of hydrogen-bond acceptors (Lipinski definition) is 7. The third-order valence-corrected chi connectivity index (χ3v) is 3.54. The molecule has 0 saturated carbocycles. The molecule has 0 saturated heterocycles. The molecule has 0 aliphatic carbocycles. The summed E-state index contributed by atoms with van der Waals surface area (Å²) in [5.74, 6) is -1.38. The second kappa shape index (κ2) is 5.40. The Morgan fingerprint density at radius 1 is 1.25 bits per heavy atom. The number of fused-ring (bicyclic) bond motifs is 1. The smallest absolute Gasteiger partial charge is 0.326 e. The van der Waals surface area contributed by atoms with Gasteiger partial charge in [0, 0.05) is 12.1 Å². The number of nitrogens with one attached hydrogen (secondary N) is 2. The van der Waals surface area contributed by atoms with Crippen LogP contribution in [0.4, 0.5) is 5.69 Å². The van der Waals surface area contributed by atoms with E-state index in [2.05, 4.69) is 4.98 Å². The third kappa shape index (κ3) is 2.30. The van der Waals surface area contributed by atoms with Crippen LogP contribution < -0.4 is 21.7 Å². The highest BCUT2D eigenvalue weighted by Gasteiger charge is 2.33. The van der Waals surface area contributed by atoms with Crippen LogP contribution in [0.5, 0.6) is 5.75 Å². The Morgan fingerprint density at radius 2 is 1.92 bits per heavy atom. The Kier molecular flexibility index (Phi) is 3.38. The van der Waals surface area contributed by atoms with Gasteiger partial charge in [-0.1, -0.05) is 12.1 Å². The van der Waals surface area contributed by atoms with Crippen LogP contribution >= 0.6 is 0 Å². The predicted octanol–water partition coefficient (Wildman–Crippen LogP) is 0.190. The van der Waals surface area contributed by atoms with Crippen LogP contribution in [0.2, 0.25) is 0 Å². The lowest BCUT2D eigenvalue weighted by Gasteiger charge is -2.24. The number of aromatic nitrogens is 2. The first-order valence-corrected chi connectivity index (χ1v) is 6.60. The van der Waals surface area contributed by atoms with Gasteiger partial charge >= 0.3 is 5.69 Å². The van der Waals surface area contributed by atoms with Gasteiger partial charge in [0.2, 0.25) is 11.6 Å². The van der Waals surface area contributed by atoms with Crippen molar-refractivity contribution in [3.63, 3.8) is 0 Å². The second-order valence-corrected chi connectivity index (χ2v) is 4.92. The number of rotatable bonds is 2. The zero-order chi connectivity index (χ0) is 17.4. The van der Waals surface area contributed by atoms with Crippen LogP contribution in [0.1, 0.15) is 17.2 Å². The van der Waals surface area contributed by atoms with Crippen molar-refractivity contribution in [2.24, 2.45) is 5.73 Å². The number of nitrogens with two attached hydrogens (primary N) is 1. The number of nitriles is 1. The highest BCUT2D eigenvalue weighted by molar-refractivity contribution is 5.53. The molecule has 120 valence electrons. The predicted molar refractivity (Wildman–Crippen MR) is 80.1 cm³/mol. The number of allylic oxidation sites excluding steroid dienone is 1. The Morgan fingerprint density at radius 3 is 2.50 bits per heavy atom. The lowest BCUT2D eigenvalue weighted by atomic mass is 9.87. The van der Waals surface area contributed by atoms with Gasteiger partial charge in [0.25, 0.3) is 11.2 Å². The van der Waals surface area contributed by atoms with Crippen molar-refractivity contribution in [2.75, 3.05) is 0 Å². The lowest BCUT2D eigenvalue weighted by Crippen LogP contribution is -2.32. The van der Waals surface area contributed by atoms with Gasteiger partial charge in [0.15, 0.2) is 0 Å². The van der Waals surface area contributed by atoms with Gasteiger partial charge in [0.1, 0.15) is 11.6 Å². The van der Waals surface area contributed by atoms with Crippen LogP contribution in [0.3, 0.4) is 0 Å². The molecule has 2 aromatic rings. The molecule has 1 aromatic carbocycles. The normalized spacial score (nSPS) is 16.0. The van der Waals surface area contributed by atoms with Crippen molar-refractivity contribution in [1.29, 1.82) is 5.26 Å². The highest BCUT2D eigenvalue weighted by Crippen LogP contribution is 2.38. The molecule has 0 amide bonds. The maximum absolute atomic E-state index is 11.9. The minimum atomic E-state index is -0.880. The van der Waals surface area contributed by atoms with Crippen molar-refractivity contribution in [1.82, 2.24) is 9.97 Å². The quantitative estimate of drug-likeness (QED) is 0.522. The molecule has 0 radical (unpaired) electrons. The van der Waals surface area contributed by atoms with E-state index in [1.165, 1.54) is 24.3 Å². The maximum atomic E-state index is 11.9. The van der Waals surface area contributed by atoms with Crippen molar-refractivity contribution >= 4 is 5.69 Å². The number of non-ortho nitro benzene ring substituents is 1. The molecule has 0 fully saturated rings. The van der Waals surface area contributed by atoms with Gasteiger partial charge in [-0.05, 0) is 5.56 Å². The van der Waals surface area contributed by atoms with E-state index in [9.17, 15) is 25.0 Å². The standard InChI is InChI=1S/C14H9N5O5/c15-5-8-9(6-1-3-7(4-2-6)19(22)23)10-11(24-12(8)16)13(20)18-14(21)17-10/h1-4,9H,16H2,(H2,17,18,20,21). The van der Waals surface area contributed by atoms with Crippen LogP contribution in [0.25, 0.3) is 0 Å². The van der Waals surface area contributed by atoms with Crippen LogP contribution in [-0.4, -0.2) is 14.9 Å². The SMILES string of the molecule is N#CC1=C(N)Oc2c([nH]c(=O)[nH]c2=O)C1c1ccc([N+](=O)[O-])cc1. The van der Waals surface area contributed by atoms with E-state index in [-0.39, 0.29) is 28.6 Å². The molecule has 1 aromatic heterocycles. The van der Waals surface area contributed by atoms with Crippen molar-refractivity contribution in [3.8, 4) is 11.8 Å². The number of nitro benzene ring substituents is 1. The number of nitro groups is 1.